The zero-order valence-corrected chi connectivity index (χ0v) is 21.0. The summed E-state index contributed by atoms with van der Waals surface area (Å²) in [4.78, 5) is 21.7. The Morgan fingerprint density at radius 2 is 1.82 bits per heavy atom. The van der Waals surface area contributed by atoms with Crippen LogP contribution in [0.1, 0.15) is 18.7 Å². The molecule has 9 nitrogen and oxygen atoms in total. The van der Waals surface area contributed by atoms with Crippen molar-refractivity contribution in [1.29, 1.82) is 0 Å². The Balaban J connectivity index is 1.65. The largest absolute Gasteiger partial charge is 0.508 e. The summed E-state index contributed by atoms with van der Waals surface area (Å²) in [6, 6.07) is 18.0. The van der Waals surface area contributed by atoms with Crippen molar-refractivity contribution in [3.63, 3.8) is 0 Å². The van der Waals surface area contributed by atoms with E-state index in [1.165, 1.54) is 18.5 Å². The molecule has 3 aromatic heterocycles. The molecule has 0 saturated heterocycles. The first-order chi connectivity index (χ1) is 18.9. The predicted octanol–water partition coefficient (Wildman–Crippen LogP) is 5.34. The lowest BCUT2D eigenvalue weighted by atomic mass is 9.95. The first kappa shape index (κ1) is 24.1. The van der Waals surface area contributed by atoms with Crippen LogP contribution in [-0.2, 0) is 0 Å². The van der Waals surface area contributed by atoms with E-state index in [0.717, 1.165) is 28.3 Å². The van der Waals surface area contributed by atoms with E-state index in [1.54, 1.807) is 16.8 Å². The molecule has 0 aliphatic heterocycles. The van der Waals surface area contributed by atoms with E-state index in [9.17, 15) is 14.3 Å². The number of aromatic nitrogens is 4. The Morgan fingerprint density at radius 3 is 2.59 bits per heavy atom. The van der Waals surface area contributed by atoms with Gasteiger partial charge in [-0.05, 0) is 42.8 Å². The summed E-state index contributed by atoms with van der Waals surface area (Å²) in [6.45, 7) is 1.83. The van der Waals surface area contributed by atoms with Gasteiger partial charge in [0.25, 0.3) is 0 Å². The second-order valence-corrected chi connectivity index (χ2v) is 9.13. The Bertz CT molecular complexity index is 1930. The van der Waals surface area contributed by atoms with E-state index >= 15 is 0 Å². The van der Waals surface area contributed by atoms with Gasteiger partial charge in [-0.2, -0.15) is 5.10 Å². The van der Waals surface area contributed by atoms with Crippen molar-refractivity contribution in [3.05, 3.63) is 95.1 Å². The van der Waals surface area contributed by atoms with Crippen molar-refractivity contribution in [3.8, 4) is 28.1 Å². The lowest BCUT2D eigenvalue weighted by molar-refractivity contribution is 0.405. The summed E-state index contributed by atoms with van der Waals surface area (Å²) in [6.07, 6.45) is 1.31. The standard InChI is InChI=1S/C29H23FN6O3/c1-15(36-28-24(27(31)33-14-34-28)25(35-36)17-10-18(30)13-20(37)12-17)26-23(16-6-5-7-19(11-16)32-2)21-8-3-4-9-22(21)29(38)39-26/h3-15,32,37H,1-2H3,(H2,31,33,34). The predicted molar refractivity (Wildman–Crippen MR) is 148 cm³/mol. The smallest absolute Gasteiger partial charge is 0.343 e. The van der Waals surface area contributed by atoms with Gasteiger partial charge in [-0.25, -0.2) is 23.8 Å². The number of nitrogens with one attached hydrogen (secondary N) is 1. The zero-order valence-electron chi connectivity index (χ0n) is 21.0. The highest BCUT2D eigenvalue weighted by atomic mass is 19.1. The second kappa shape index (κ2) is 9.25. The highest BCUT2D eigenvalue weighted by Gasteiger charge is 2.27. The summed E-state index contributed by atoms with van der Waals surface area (Å²) >= 11 is 0. The molecule has 3 heterocycles. The van der Waals surface area contributed by atoms with Crippen molar-refractivity contribution in [2.75, 3.05) is 18.1 Å². The van der Waals surface area contributed by atoms with Crippen LogP contribution in [0.25, 0.3) is 44.2 Å². The molecule has 0 radical (unpaired) electrons. The topological polar surface area (TPSA) is 132 Å². The number of halogens is 1. The average molecular weight is 523 g/mol. The van der Waals surface area contributed by atoms with Gasteiger partial charge in [0, 0.05) is 35.3 Å². The summed E-state index contributed by atoms with van der Waals surface area (Å²) in [7, 11) is 1.83. The van der Waals surface area contributed by atoms with Gasteiger partial charge in [-0.3, -0.25) is 0 Å². The average Bonchev–Trinajstić information content (AvgIpc) is 3.33. The number of fused-ring (bicyclic) bond motifs is 2. The minimum absolute atomic E-state index is 0.138. The number of hydrogen-bond acceptors (Lipinski definition) is 8. The molecular formula is C29H23FN6O3. The highest BCUT2D eigenvalue weighted by Crippen LogP contribution is 2.39. The molecule has 4 N–H and O–H groups in total. The van der Waals surface area contributed by atoms with Gasteiger partial charge in [0.05, 0.1) is 10.8 Å². The van der Waals surface area contributed by atoms with Gasteiger partial charge in [0.1, 0.15) is 41.2 Å². The molecule has 0 aliphatic rings. The number of nitrogens with two attached hydrogens (primary N) is 1. The molecule has 1 unspecified atom stereocenters. The van der Waals surface area contributed by atoms with Crippen molar-refractivity contribution < 1.29 is 13.9 Å². The monoisotopic (exact) mass is 522 g/mol. The van der Waals surface area contributed by atoms with Gasteiger partial charge in [-0.1, -0.05) is 30.3 Å². The van der Waals surface area contributed by atoms with Crippen molar-refractivity contribution in [2.45, 2.75) is 13.0 Å². The lowest BCUT2D eigenvalue weighted by Crippen LogP contribution is -2.14. The number of nitrogen functional groups attached to an aromatic ring is 1. The van der Waals surface area contributed by atoms with E-state index in [4.69, 9.17) is 15.2 Å². The number of nitrogens with zero attached hydrogens (tertiary/aromatic N) is 4. The summed E-state index contributed by atoms with van der Waals surface area (Å²) in [5.74, 6) is -0.395. The molecule has 3 aromatic carbocycles. The Hall–Kier alpha value is -5.25. The van der Waals surface area contributed by atoms with E-state index < -0.39 is 17.5 Å². The normalized spacial score (nSPS) is 12.2. The fraction of sp³-hybridized carbons (Fsp3) is 0.103. The number of phenolic OH excluding ortho intramolecular Hbond substituents is 1. The Morgan fingerprint density at radius 1 is 1.03 bits per heavy atom. The molecule has 0 aliphatic carbocycles. The van der Waals surface area contributed by atoms with Crippen LogP contribution < -0.4 is 16.7 Å². The number of aromatic hydroxyl groups is 1. The van der Waals surface area contributed by atoms with Gasteiger partial charge in [0.2, 0.25) is 0 Å². The second-order valence-electron chi connectivity index (χ2n) is 9.13. The van der Waals surface area contributed by atoms with Crippen molar-refractivity contribution in [1.82, 2.24) is 19.7 Å². The molecule has 6 aromatic rings. The highest BCUT2D eigenvalue weighted by molar-refractivity contribution is 5.99. The minimum Gasteiger partial charge on any atom is -0.508 e. The van der Waals surface area contributed by atoms with Crippen molar-refractivity contribution >= 4 is 33.3 Å². The molecule has 0 saturated carbocycles. The quantitative estimate of drug-likeness (QED) is 0.276. The number of anilines is 2. The number of phenols is 1. The van der Waals surface area contributed by atoms with Crippen molar-refractivity contribution in [2.24, 2.45) is 0 Å². The van der Waals surface area contributed by atoms with Crippen LogP contribution in [0.15, 0.2) is 82.3 Å². The molecule has 0 bridgehead atoms. The van der Waals surface area contributed by atoms with Crippen LogP contribution in [0.2, 0.25) is 0 Å². The molecule has 1 atom stereocenters. The Kier molecular flexibility index (Phi) is 5.72. The molecular weight excluding hydrogens is 499 g/mol. The zero-order chi connectivity index (χ0) is 27.3. The SMILES string of the molecule is CNc1cccc(-c2c(C(C)n3nc(-c4cc(O)cc(F)c4)c4c(N)ncnc43)oc(=O)c3ccccc23)c1. The van der Waals surface area contributed by atoms with Crippen LogP contribution >= 0.6 is 0 Å². The van der Waals surface area contributed by atoms with Gasteiger partial charge in [-0.15, -0.1) is 0 Å². The molecule has 0 fully saturated rings. The molecule has 6 rings (SSSR count). The molecule has 0 spiro atoms. The van der Waals surface area contributed by atoms with Crippen LogP contribution in [0.3, 0.4) is 0 Å². The van der Waals surface area contributed by atoms with E-state index in [-0.39, 0.29) is 17.3 Å². The maximum absolute atomic E-state index is 14.2. The summed E-state index contributed by atoms with van der Waals surface area (Å²) in [5, 5.41) is 19.5. The van der Waals surface area contributed by atoms with Crippen LogP contribution in [0.4, 0.5) is 15.9 Å². The number of hydrogen-bond donors (Lipinski definition) is 3. The maximum atomic E-state index is 14.2. The van der Waals surface area contributed by atoms with Gasteiger partial charge < -0.3 is 20.6 Å². The fourth-order valence-electron chi connectivity index (χ4n) is 4.93. The summed E-state index contributed by atoms with van der Waals surface area (Å²) in [5.41, 5.74) is 9.14. The third kappa shape index (κ3) is 4.02. The first-order valence-corrected chi connectivity index (χ1v) is 12.2. The number of rotatable bonds is 5. The fourth-order valence-corrected chi connectivity index (χ4v) is 4.93. The maximum Gasteiger partial charge on any atom is 0.343 e. The van der Waals surface area contributed by atoms with E-state index in [1.807, 2.05) is 50.4 Å². The van der Waals surface area contributed by atoms with E-state index in [0.29, 0.717) is 27.7 Å². The molecule has 0 amide bonds. The molecule has 10 heteroatoms. The van der Waals surface area contributed by atoms with Crippen LogP contribution in [-0.4, -0.2) is 31.9 Å². The van der Waals surface area contributed by atoms with Gasteiger partial charge >= 0.3 is 5.63 Å². The van der Waals surface area contributed by atoms with Crippen LogP contribution in [0, 0.1) is 5.82 Å². The minimum atomic E-state index is -0.650. The number of benzene rings is 3. The third-order valence-corrected chi connectivity index (χ3v) is 6.73. The van der Waals surface area contributed by atoms with Crippen LogP contribution in [0.5, 0.6) is 5.75 Å². The summed E-state index contributed by atoms with van der Waals surface area (Å²) < 4.78 is 21.8. The molecule has 194 valence electrons. The van der Waals surface area contributed by atoms with Gasteiger partial charge in [0.15, 0.2) is 5.65 Å². The Labute approximate surface area is 221 Å². The third-order valence-electron chi connectivity index (χ3n) is 6.73. The molecule has 39 heavy (non-hydrogen) atoms. The van der Waals surface area contributed by atoms with E-state index in [2.05, 4.69) is 15.3 Å². The lowest BCUT2D eigenvalue weighted by Gasteiger charge is -2.18. The first-order valence-electron chi connectivity index (χ1n) is 12.2.